The summed E-state index contributed by atoms with van der Waals surface area (Å²) >= 11 is 0. The molecule has 0 heterocycles. The van der Waals surface area contributed by atoms with Gasteiger partial charge < -0.3 is 5.32 Å². The molecule has 86 valence electrons. The average molecular weight is 199 g/mol. The fraction of sp³-hybridized carbons (Fsp3) is 1.00. The van der Waals surface area contributed by atoms with Crippen molar-refractivity contribution in [3.63, 3.8) is 0 Å². The molecule has 14 heavy (non-hydrogen) atoms. The van der Waals surface area contributed by atoms with Crippen molar-refractivity contribution in [3.05, 3.63) is 0 Å². The van der Waals surface area contributed by atoms with Crippen LogP contribution in [0.2, 0.25) is 0 Å². The van der Waals surface area contributed by atoms with E-state index in [2.05, 4.69) is 39.9 Å². The van der Waals surface area contributed by atoms with Gasteiger partial charge in [0, 0.05) is 6.04 Å². The molecule has 0 aliphatic heterocycles. The van der Waals surface area contributed by atoms with Gasteiger partial charge in [-0.2, -0.15) is 0 Å². The Morgan fingerprint density at radius 1 is 1.07 bits per heavy atom. The van der Waals surface area contributed by atoms with Gasteiger partial charge in [0.25, 0.3) is 0 Å². The lowest BCUT2D eigenvalue weighted by molar-refractivity contribution is 0.352. The zero-order valence-corrected chi connectivity index (χ0v) is 10.8. The van der Waals surface area contributed by atoms with Crippen LogP contribution >= 0.6 is 0 Å². The highest BCUT2D eigenvalue weighted by Crippen LogP contribution is 2.10. The highest BCUT2D eigenvalue weighted by molar-refractivity contribution is 4.68. The summed E-state index contributed by atoms with van der Waals surface area (Å²) in [5, 5.41) is 3.69. The van der Waals surface area contributed by atoms with Crippen LogP contribution in [0.4, 0.5) is 0 Å². The summed E-state index contributed by atoms with van der Waals surface area (Å²) < 4.78 is 0. The average Bonchev–Trinajstić information content (AvgIpc) is 2.17. The molecule has 0 saturated heterocycles. The third kappa shape index (κ3) is 6.42. The topological polar surface area (TPSA) is 12.0 Å². The van der Waals surface area contributed by atoms with Gasteiger partial charge in [0.05, 0.1) is 0 Å². The number of hydrogen-bond acceptors (Lipinski definition) is 1. The summed E-state index contributed by atoms with van der Waals surface area (Å²) in [6.07, 6.45) is 5.29. The minimum Gasteiger partial charge on any atom is -0.314 e. The molecule has 0 bridgehead atoms. The van der Waals surface area contributed by atoms with E-state index >= 15 is 0 Å². The van der Waals surface area contributed by atoms with Gasteiger partial charge in [-0.05, 0) is 31.2 Å². The monoisotopic (exact) mass is 199 g/mol. The molecular weight excluding hydrogens is 170 g/mol. The zero-order chi connectivity index (χ0) is 11.0. The first-order chi connectivity index (χ1) is 6.61. The first kappa shape index (κ1) is 14.0. The van der Waals surface area contributed by atoms with Crippen molar-refractivity contribution in [1.29, 1.82) is 0 Å². The molecular formula is C13H29N. The zero-order valence-electron chi connectivity index (χ0n) is 10.8. The molecule has 2 unspecified atom stereocenters. The van der Waals surface area contributed by atoms with Crippen LogP contribution in [0.15, 0.2) is 0 Å². The molecule has 1 nitrogen and oxygen atoms in total. The quantitative estimate of drug-likeness (QED) is 0.626. The Kier molecular flexibility index (Phi) is 8.26. The van der Waals surface area contributed by atoms with E-state index in [0.29, 0.717) is 0 Å². The van der Waals surface area contributed by atoms with Crippen molar-refractivity contribution in [2.45, 2.75) is 66.3 Å². The third-order valence-electron chi connectivity index (χ3n) is 3.27. The van der Waals surface area contributed by atoms with Crippen LogP contribution in [0.5, 0.6) is 0 Å². The number of unbranched alkanes of at least 4 members (excludes halogenated alkanes) is 1. The largest absolute Gasteiger partial charge is 0.314 e. The molecule has 0 aromatic rings. The molecule has 1 heteroatoms. The molecule has 0 saturated carbocycles. The lowest BCUT2D eigenvalue weighted by atomic mass is 9.97. The van der Waals surface area contributed by atoms with Crippen LogP contribution in [0, 0.1) is 11.8 Å². The molecule has 0 spiro atoms. The van der Waals surface area contributed by atoms with Gasteiger partial charge in [0.2, 0.25) is 0 Å². The normalized spacial score (nSPS) is 15.9. The van der Waals surface area contributed by atoms with Crippen LogP contribution < -0.4 is 5.32 Å². The molecule has 0 aromatic heterocycles. The highest BCUT2D eigenvalue weighted by atomic mass is 14.9. The van der Waals surface area contributed by atoms with Crippen LogP contribution in [-0.4, -0.2) is 12.6 Å². The smallest absolute Gasteiger partial charge is 0.00645 e. The van der Waals surface area contributed by atoms with Crippen LogP contribution in [0.1, 0.15) is 60.3 Å². The van der Waals surface area contributed by atoms with Gasteiger partial charge in [0.1, 0.15) is 0 Å². The Morgan fingerprint density at radius 2 is 1.71 bits per heavy atom. The first-order valence-corrected chi connectivity index (χ1v) is 6.35. The maximum Gasteiger partial charge on any atom is 0.00645 e. The Hall–Kier alpha value is -0.0400. The lowest BCUT2D eigenvalue weighted by Crippen LogP contribution is -2.33. The Balaban J connectivity index is 3.60. The second-order valence-electron chi connectivity index (χ2n) is 4.88. The second-order valence-corrected chi connectivity index (χ2v) is 4.88. The maximum atomic E-state index is 3.69. The van der Waals surface area contributed by atoms with Crippen molar-refractivity contribution in [2.75, 3.05) is 6.54 Å². The summed E-state index contributed by atoms with van der Waals surface area (Å²) in [6.45, 7) is 12.7. The molecule has 0 aliphatic rings. The first-order valence-electron chi connectivity index (χ1n) is 6.35. The molecule has 0 fully saturated rings. The van der Waals surface area contributed by atoms with Gasteiger partial charge in [-0.1, -0.05) is 47.5 Å². The molecule has 1 N–H and O–H groups in total. The number of hydrogen-bond donors (Lipinski definition) is 1. The number of nitrogens with one attached hydrogen (secondary N) is 1. The molecule has 2 atom stereocenters. The van der Waals surface area contributed by atoms with E-state index in [1.165, 1.54) is 32.2 Å². The summed E-state index contributed by atoms with van der Waals surface area (Å²) in [6, 6.07) is 0.746. The van der Waals surface area contributed by atoms with Crippen molar-refractivity contribution < 1.29 is 0 Å². The Morgan fingerprint density at radius 3 is 2.14 bits per heavy atom. The SMILES string of the molecule is CCCCC(CC)NCC(C)C(C)C. The van der Waals surface area contributed by atoms with E-state index in [1.54, 1.807) is 0 Å². The van der Waals surface area contributed by atoms with Gasteiger partial charge >= 0.3 is 0 Å². The molecule has 0 rings (SSSR count). The van der Waals surface area contributed by atoms with Crippen molar-refractivity contribution in [2.24, 2.45) is 11.8 Å². The predicted molar refractivity (Wildman–Crippen MR) is 65.6 cm³/mol. The molecule has 0 aromatic carbocycles. The maximum absolute atomic E-state index is 3.69. The molecule has 0 aliphatic carbocycles. The Bertz CT molecular complexity index is 120. The van der Waals surface area contributed by atoms with Crippen molar-refractivity contribution in [1.82, 2.24) is 5.32 Å². The van der Waals surface area contributed by atoms with Gasteiger partial charge in [-0.3, -0.25) is 0 Å². The predicted octanol–water partition coefficient (Wildman–Crippen LogP) is 3.84. The van der Waals surface area contributed by atoms with Gasteiger partial charge in [-0.25, -0.2) is 0 Å². The summed E-state index contributed by atoms with van der Waals surface area (Å²) in [5.74, 6) is 1.59. The lowest BCUT2D eigenvalue weighted by Gasteiger charge is -2.21. The van der Waals surface area contributed by atoms with Crippen molar-refractivity contribution in [3.8, 4) is 0 Å². The fourth-order valence-electron chi connectivity index (χ4n) is 1.49. The van der Waals surface area contributed by atoms with E-state index in [-0.39, 0.29) is 0 Å². The highest BCUT2D eigenvalue weighted by Gasteiger charge is 2.10. The molecule has 0 radical (unpaired) electrons. The van der Waals surface area contributed by atoms with Crippen molar-refractivity contribution >= 4 is 0 Å². The van der Waals surface area contributed by atoms with E-state index in [0.717, 1.165) is 17.9 Å². The van der Waals surface area contributed by atoms with Crippen LogP contribution in [0.25, 0.3) is 0 Å². The fourth-order valence-corrected chi connectivity index (χ4v) is 1.49. The summed E-state index contributed by atoms with van der Waals surface area (Å²) in [4.78, 5) is 0. The standard InChI is InChI=1S/C13H29N/c1-6-8-9-13(7-2)14-10-12(5)11(3)4/h11-14H,6-10H2,1-5H3. The Labute approximate surface area is 90.7 Å². The van der Waals surface area contributed by atoms with Crippen LogP contribution in [-0.2, 0) is 0 Å². The van der Waals surface area contributed by atoms with E-state index in [1.807, 2.05) is 0 Å². The third-order valence-corrected chi connectivity index (χ3v) is 3.27. The van der Waals surface area contributed by atoms with E-state index < -0.39 is 0 Å². The minimum absolute atomic E-state index is 0.746. The van der Waals surface area contributed by atoms with E-state index in [4.69, 9.17) is 0 Å². The summed E-state index contributed by atoms with van der Waals surface area (Å²) in [7, 11) is 0. The summed E-state index contributed by atoms with van der Waals surface area (Å²) in [5.41, 5.74) is 0. The minimum atomic E-state index is 0.746. The molecule has 0 amide bonds. The van der Waals surface area contributed by atoms with Gasteiger partial charge in [-0.15, -0.1) is 0 Å². The van der Waals surface area contributed by atoms with Crippen LogP contribution in [0.3, 0.4) is 0 Å². The second kappa shape index (κ2) is 8.28. The number of rotatable bonds is 8. The van der Waals surface area contributed by atoms with E-state index in [9.17, 15) is 0 Å². The van der Waals surface area contributed by atoms with Gasteiger partial charge in [0.15, 0.2) is 0 Å².